The monoisotopic (exact) mass is 361 g/mol. The van der Waals surface area contributed by atoms with Gasteiger partial charge in [0.25, 0.3) is 0 Å². The third kappa shape index (κ3) is 5.31. The zero-order chi connectivity index (χ0) is 19.1. The molecule has 0 saturated heterocycles. The van der Waals surface area contributed by atoms with Crippen LogP contribution >= 0.6 is 0 Å². The summed E-state index contributed by atoms with van der Waals surface area (Å²) in [5.74, 6) is 0.745. The first-order valence-corrected chi connectivity index (χ1v) is 8.84. The second kappa shape index (κ2) is 8.85. The van der Waals surface area contributed by atoms with Gasteiger partial charge in [-0.25, -0.2) is 4.79 Å². The minimum absolute atomic E-state index is 0.233. The van der Waals surface area contributed by atoms with E-state index in [1.165, 1.54) is 0 Å². The van der Waals surface area contributed by atoms with Gasteiger partial charge >= 0.3 is 6.03 Å². The zero-order valence-electron chi connectivity index (χ0n) is 15.5. The summed E-state index contributed by atoms with van der Waals surface area (Å²) < 4.78 is 5.77. The van der Waals surface area contributed by atoms with Gasteiger partial charge in [-0.3, -0.25) is 4.98 Å². The minimum Gasteiger partial charge on any atom is -0.487 e. The summed E-state index contributed by atoms with van der Waals surface area (Å²) in [6, 6.07) is 19.0. The molecule has 2 aromatic carbocycles. The van der Waals surface area contributed by atoms with Crippen molar-refractivity contribution in [3.63, 3.8) is 0 Å². The predicted octanol–water partition coefficient (Wildman–Crippen LogP) is 4.60. The number of amides is 2. The quantitative estimate of drug-likeness (QED) is 0.674. The van der Waals surface area contributed by atoms with Crippen molar-refractivity contribution in [3.05, 3.63) is 89.2 Å². The van der Waals surface area contributed by atoms with Crippen molar-refractivity contribution in [1.29, 1.82) is 0 Å². The lowest BCUT2D eigenvalue weighted by Gasteiger charge is -2.12. The molecule has 0 atom stereocenters. The third-order valence-corrected chi connectivity index (χ3v) is 4.32. The molecule has 0 fully saturated rings. The summed E-state index contributed by atoms with van der Waals surface area (Å²) in [4.78, 5) is 16.4. The third-order valence-electron chi connectivity index (χ3n) is 4.32. The first kappa shape index (κ1) is 18.5. The number of ether oxygens (including phenoxy) is 1. The molecule has 3 aromatic rings. The SMILES string of the molecule is Cc1cccc(NC(=O)NCc2cccc(OCc3ccccn3)c2)c1C. The van der Waals surface area contributed by atoms with Gasteiger partial charge in [-0.15, -0.1) is 0 Å². The Labute approximate surface area is 159 Å². The molecule has 0 radical (unpaired) electrons. The Morgan fingerprint density at radius 2 is 1.89 bits per heavy atom. The summed E-state index contributed by atoms with van der Waals surface area (Å²) in [5, 5.41) is 5.77. The Kier molecular flexibility index (Phi) is 6.05. The van der Waals surface area contributed by atoms with Crippen LogP contribution < -0.4 is 15.4 Å². The van der Waals surface area contributed by atoms with E-state index in [2.05, 4.69) is 15.6 Å². The van der Waals surface area contributed by atoms with Crippen molar-refractivity contribution in [2.45, 2.75) is 27.0 Å². The molecular weight excluding hydrogens is 338 g/mol. The molecule has 5 heteroatoms. The van der Waals surface area contributed by atoms with Gasteiger partial charge in [-0.2, -0.15) is 0 Å². The van der Waals surface area contributed by atoms with E-state index in [1.54, 1.807) is 6.20 Å². The van der Waals surface area contributed by atoms with Crippen LogP contribution in [0.4, 0.5) is 10.5 Å². The molecule has 0 bridgehead atoms. The highest BCUT2D eigenvalue weighted by Gasteiger charge is 2.06. The van der Waals surface area contributed by atoms with Crippen LogP contribution in [0.25, 0.3) is 0 Å². The normalized spacial score (nSPS) is 10.3. The van der Waals surface area contributed by atoms with E-state index in [9.17, 15) is 4.79 Å². The van der Waals surface area contributed by atoms with E-state index in [0.717, 1.165) is 33.8 Å². The highest BCUT2D eigenvalue weighted by molar-refractivity contribution is 5.90. The fourth-order valence-electron chi connectivity index (χ4n) is 2.62. The molecule has 5 nitrogen and oxygen atoms in total. The molecule has 0 spiro atoms. The van der Waals surface area contributed by atoms with E-state index in [0.29, 0.717) is 13.2 Å². The molecule has 1 aromatic heterocycles. The largest absolute Gasteiger partial charge is 0.487 e. The van der Waals surface area contributed by atoms with Crippen molar-refractivity contribution in [2.24, 2.45) is 0 Å². The van der Waals surface area contributed by atoms with E-state index in [1.807, 2.05) is 74.5 Å². The molecule has 0 aliphatic heterocycles. The maximum Gasteiger partial charge on any atom is 0.319 e. The number of carbonyl (C=O) groups excluding carboxylic acids is 1. The number of aromatic nitrogens is 1. The number of aryl methyl sites for hydroxylation is 1. The Morgan fingerprint density at radius 3 is 2.70 bits per heavy atom. The summed E-state index contributed by atoms with van der Waals surface area (Å²) in [6.07, 6.45) is 1.74. The highest BCUT2D eigenvalue weighted by atomic mass is 16.5. The average Bonchev–Trinajstić information content (AvgIpc) is 2.69. The number of nitrogens with one attached hydrogen (secondary N) is 2. The average molecular weight is 361 g/mol. The molecule has 0 aliphatic carbocycles. The first-order valence-electron chi connectivity index (χ1n) is 8.84. The van der Waals surface area contributed by atoms with Crippen molar-refractivity contribution >= 4 is 11.7 Å². The fourth-order valence-corrected chi connectivity index (χ4v) is 2.62. The van der Waals surface area contributed by atoms with Crippen LogP contribution in [0.15, 0.2) is 66.9 Å². The van der Waals surface area contributed by atoms with E-state index in [-0.39, 0.29) is 6.03 Å². The van der Waals surface area contributed by atoms with Gasteiger partial charge in [-0.1, -0.05) is 30.3 Å². The molecule has 3 rings (SSSR count). The Bertz CT molecular complexity index is 910. The number of benzene rings is 2. The number of hydrogen-bond acceptors (Lipinski definition) is 3. The number of anilines is 1. The van der Waals surface area contributed by atoms with Crippen molar-refractivity contribution < 1.29 is 9.53 Å². The maximum atomic E-state index is 12.2. The minimum atomic E-state index is -0.233. The highest BCUT2D eigenvalue weighted by Crippen LogP contribution is 2.18. The molecule has 27 heavy (non-hydrogen) atoms. The van der Waals surface area contributed by atoms with E-state index < -0.39 is 0 Å². The number of carbonyl (C=O) groups is 1. The van der Waals surface area contributed by atoms with Crippen molar-refractivity contribution in [3.8, 4) is 5.75 Å². The Morgan fingerprint density at radius 1 is 1.04 bits per heavy atom. The summed E-state index contributed by atoms with van der Waals surface area (Å²) in [6.45, 7) is 4.84. The van der Waals surface area contributed by atoms with Crippen LogP contribution in [0, 0.1) is 13.8 Å². The Balaban J connectivity index is 1.53. The lowest BCUT2D eigenvalue weighted by Crippen LogP contribution is -2.28. The van der Waals surface area contributed by atoms with Gasteiger partial charge in [0.05, 0.1) is 5.69 Å². The molecule has 2 amide bonds. The van der Waals surface area contributed by atoms with Gasteiger partial charge in [0, 0.05) is 18.4 Å². The lowest BCUT2D eigenvalue weighted by atomic mass is 10.1. The number of hydrogen-bond donors (Lipinski definition) is 2. The molecule has 0 saturated carbocycles. The maximum absolute atomic E-state index is 12.2. The summed E-state index contributed by atoms with van der Waals surface area (Å²) in [5.41, 5.74) is 4.86. The molecular formula is C22H23N3O2. The van der Waals surface area contributed by atoms with E-state index >= 15 is 0 Å². The smallest absolute Gasteiger partial charge is 0.319 e. The molecule has 138 valence electrons. The van der Waals surface area contributed by atoms with Crippen molar-refractivity contribution in [1.82, 2.24) is 10.3 Å². The topological polar surface area (TPSA) is 63.2 Å². The van der Waals surface area contributed by atoms with Crippen molar-refractivity contribution in [2.75, 3.05) is 5.32 Å². The van der Waals surface area contributed by atoms with Crippen LogP contribution in [0.3, 0.4) is 0 Å². The van der Waals surface area contributed by atoms with Gasteiger partial charge < -0.3 is 15.4 Å². The van der Waals surface area contributed by atoms with Gasteiger partial charge in [-0.05, 0) is 60.9 Å². The van der Waals surface area contributed by atoms with Crippen LogP contribution in [0.1, 0.15) is 22.4 Å². The van der Waals surface area contributed by atoms with Crippen LogP contribution in [0.2, 0.25) is 0 Å². The first-order chi connectivity index (χ1) is 13.1. The second-order valence-electron chi connectivity index (χ2n) is 6.31. The number of pyridine rings is 1. The van der Waals surface area contributed by atoms with Crippen LogP contribution in [-0.4, -0.2) is 11.0 Å². The summed E-state index contributed by atoms with van der Waals surface area (Å²) >= 11 is 0. The molecule has 2 N–H and O–H groups in total. The molecule has 1 heterocycles. The number of urea groups is 1. The summed E-state index contributed by atoms with van der Waals surface area (Å²) in [7, 11) is 0. The number of nitrogens with zero attached hydrogens (tertiary/aromatic N) is 1. The standard InChI is InChI=1S/C22H23N3O2/c1-16-7-5-11-21(17(16)2)25-22(26)24-14-18-8-6-10-20(13-18)27-15-19-9-3-4-12-23-19/h3-13H,14-15H2,1-2H3,(H2,24,25,26). The lowest BCUT2D eigenvalue weighted by molar-refractivity contribution is 0.251. The van der Waals surface area contributed by atoms with Gasteiger partial charge in [0.1, 0.15) is 12.4 Å². The molecule has 0 unspecified atom stereocenters. The van der Waals surface area contributed by atoms with Crippen LogP contribution in [-0.2, 0) is 13.2 Å². The zero-order valence-corrected chi connectivity index (χ0v) is 15.5. The fraction of sp³-hybridized carbons (Fsp3) is 0.182. The molecule has 0 aliphatic rings. The second-order valence-corrected chi connectivity index (χ2v) is 6.31. The van der Waals surface area contributed by atoms with Crippen LogP contribution in [0.5, 0.6) is 5.75 Å². The predicted molar refractivity (Wildman–Crippen MR) is 107 cm³/mol. The van der Waals surface area contributed by atoms with Gasteiger partial charge in [0.2, 0.25) is 0 Å². The van der Waals surface area contributed by atoms with E-state index in [4.69, 9.17) is 4.74 Å². The Hall–Kier alpha value is -3.34. The van der Waals surface area contributed by atoms with Gasteiger partial charge in [0.15, 0.2) is 0 Å². The number of rotatable bonds is 6.